The molecule has 0 bridgehead atoms. The Labute approximate surface area is 139 Å². The van der Waals surface area contributed by atoms with Crippen LogP contribution in [0.2, 0.25) is 5.02 Å². The molecule has 0 spiro atoms. The summed E-state index contributed by atoms with van der Waals surface area (Å²) in [4.78, 5) is 31.4. The second-order valence-corrected chi connectivity index (χ2v) is 6.06. The number of pyridine rings is 1. The maximum absolute atomic E-state index is 12.8. The number of halogens is 1. The van der Waals surface area contributed by atoms with Crippen molar-refractivity contribution in [2.45, 2.75) is 0 Å². The van der Waals surface area contributed by atoms with E-state index in [1.54, 1.807) is 18.2 Å². The molecular weight excluding hydrogens is 314 g/mol. The van der Waals surface area contributed by atoms with E-state index in [1.807, 2.05) is 19.0 Å². The van der Waals surface area contributed by atoms with Gasteiger partial charge in [-0.15, -0.1) is 0 Å². The van der Waals surface area contributed by atoms with Crippen molar-refractivity contribution in [3.63, 3.8) is 0 Å². The fourth-order valence-corrected chi connectivity index (χ4v) is 2.86. The Hall–Kier alpha value is -2.24. The lowest BCUT2D eigenvalue weighted by atomic mass is 9.84. The molecule has 118 valence electrons. The number of nitrogens with one attached hydrogen (secondary N) is 1. The molecule has 1 N–H and O–H groups in total. The fraction of sp³-hybridized carbons (Fsp3) is 0.235. The van der Waals surface area contributed by atoms with Gasteiger partial charge in [-0.05, 0) is 32.3 Å². The minimum Gasteiger partial charge on any atom is -0.382 e. The van der Waals surface area contributed by atoms with Crippen LogP contribution in [0.15, 0.2) is 30.6 Å². The zero-order valence-electron chi connectivity index (χ0n) is 12.9. The Morgan fingerprint density at radius 2 is 1.87 bits per heavy atom. The van der Waals surface area contributed by atoms with Crippen molar-refractivity contribution in [1.82, 2.24) is 9.88 Å². The molecule has 1 heterocycles. The average Bonchev–Trinajstić information content (AvgIpc) is 2.53. The van der Waals surface area contributed by atoms with Gasteiger partial charge in [0, 0.05) is 36.6 Å². The number of carbonyl (C=O) groups excluding carboxylic acids is 2. The van der Waals surface area contributed by atoms with E-state index in [0.717, 1.165) is 6.54 Å². The molecule has 0 saturated carbocycles. The summed E-state index contributed by atoms with van der Waals surface area (Å²) in [6.07, 6.45) is 2.95. The molecule has 0 aliphatic heterocycles. The minimum atomic E-state index is -0.224. The molecule has 1 aromatic carbocycles. The molecule has 1 aliphatic carbocycles. The number of aromatic nitrogens is 1. The molecule has 1 aliphatic rings. The molecule has 2 aromatic rings. The lowest BCUT2D eigenvalue weighted by molar-refractivity contribution is 0.0979. The van der Waals surface area contributed by atoms with Gasteiger partial charge >= 0.3 is 0 Å². The minimum absolute atomic E-state index is 0.177. The van der Waals surface area contributed by atoms with Crippen LogP contribution in [0.25, 0.3) is 0 Å². The second kappa shape index (κ2) is 6.10. The highest BCUT2D eigenvalue weighted by Crippen LogP contribution is 2.35. The first-order valence-corrected chi connectivity index (χ1v) is 7.63. The third kappa shape index (κ3) is 2.73. The van der Waals surface area contributed by atoms with Crippen LogP contribution >= 0.6 is 11.6 Å². The van der Waals surface area contributed by atoms with Crippen LogP contribution in [-0.4, -0.2) is 48.6 Å². The summed E-state index contributed by atoms with van der Waals surface area (Å²) in [5.74, 6) is -0.401. The standard InChI is InChI=1S/C17H16ClN3O2/c1-21(2)8-7-20-15-13(18)4-3-11-14(15)17(23)12-9-19-6-5-10(12)16(11)22/h3-6,9,20H,7-8H2,1-2H3. The fourth-order valence-electron chi connectivity index (χ4n) is 2.63. The number of benzene rings is 1. The predicted octanol–water partition coefficient (Wildman–Crippen LogP) is 2.48. The normalized spacial score (nSPS) is 13.0. The van der Waals surface area contributed by atoms with E-state index < -0.39 is 0 Å². The van der Waals surface area contributed by atoms with E-state index in [0.29, 0.717) is 39.5 Å². The number of hydrogen-bond acceptors (Lipinski definition) is 5. The number of nitrogens with zero attached hydrogens (tertiary/aromatic N) is 2. The smallest absolute Gasteiger partial charge is 0.198 e. The first-order valence-electron chi connectivity index (χ1n) is 7.25. The maximum atomic E-state index is 12.8. The Morgan fingerprint density at radius 1 is 1.09 bits per heavy atom. The van der Waals surface area contributed by atoms with E-state index in [1.165, 1.54) is 12.4 Å². The van der Waals surface area contributed by atoms with Crippen molar-refractivity contribution in [3.8, 4) is 0 Å². The molecule has 3 rings (SSSR count). The predicted molar refractivity (Wildman–Crippen MR) is 89.6 cm³/mol. The summed E-state index contributed by atoms with van der Waals surface area (Å²) in [7, 11) is 3.92. The molecule has 23 heavy (non-hydrogen) atoms. The highest BCUT2D eigenvalue weighted by Gasteiger charge is 2.32. The third-order valence-corrected chi connectivity index (χ3v) is 4.11. The molecule has 0 saturated heterocycles. The highest BCUT2D eigenvalue weighted by atomic mass is 35.5. The molecule has 0 amide bonds. The van der Waals surface area contributed by atoms with Gasteiger partial charge in [-0.2, -0.15) is 0 Å². The number of rotatable bonds is 4. The van der Waals surface area contributed by atoms with Crippen molar-refractivity contribution < 1.29 is 9.59 Å². The van der Waals surface area contributed by atoms with Crippen LogP contribution in [0.5, 0.6) is 0 Å². The highest BCUT2D eigenvalue weighted by molar-refractivity contribution is 6.37. The monoisotopic (exact) mass is 329 g/mol. The number of hydrogen-bond donors (Lipinski definition) is 1. The molecule has 0 atom stereocenters. The molecule has 0 radical (unpaired) electrons. The van der Waals surface area contributed by atoms with Gasteiger partial charge in [0.05, 0.1) is 21.8 Å². The van der Waals surface area contributed by atoms with Crippen molar-refractivity contribution >= 4 is 28.9 Å². The van der Waals surface area contributed by atoms with E-state index >= 15 is 0 Å². The zero-order valence-corrected chi connectivity index (χ0v) is 13.6. The van der Waals surface area contributed by atoms with Crippen molar-refractivity contribution in [3.05, 3.63) is 57.9 Å². The summed E-state index contributed by atoms with van der Waals surface area (Å²) in [6, 6.07) is 4.83. The topological polar surface area (TPSA) is 62.3 Å². The van der Waals surface area contributed by atoms with Crippen LogP contribution in [-0.2, 0) is 0 Å². The third-order valence-electron chi connectivity index (χ3n) is 3.80. The van der Waals surface area contributed by atoms with Crippen LogP contribution < -0.4 is 5.32 Å². The molecule has 1 aromatic heterocycles. The second-order valence-electron chi connectivity index (χ2n) is 5.65. The van der Waals surface area contributed by atoms with Crippen molar-refractivity contribution in [2.75, 3.05) is 32.5 Å². The van der Waals surface area contributed by atoms with Crippen LogP contribution in [0.1, 0.15) is 31.8 Å². The van der Waals surface area contributed by atoms with Crippen LogP contribution in [0.3, 0.4) is 0 Å². The number of likely N-dealkylation sites (N-methyl/N-ethyl adjacent to an activating group) is 1. The van der Waals surface area contributed by atoms with Gasteiger partial charge in [-0.1, -0.05) is 11.6 Å². The Kier molecular flexibility index (Phi) is 4.15. The Bertz CT molecular complexity index is 802. The summed E-state index contributed by atoms with van der Waals surface area (Å²) in [5.41, 5.74) is 1.94. The van der Waals surface area contributed by atoms with Gasteiger partial charge in [-0.25, -0.2) is 0 Å². The van der Waals surface area contributed by atoms with E-state index in [2.05, 4.69) is 10.3 Å². The summed E-state index contributed by atoms with van der Waals surface area (Å²) < 4.78 is 0. The van der Waals surface area contributed by atoms with E-state index in [9.17, 15) is 9.59 Å². The van der Waals surface area contributed by atoms with Crippen LogP contribution in [0.4, 0.5) is 5.69 Å². The molecular formula is C17H16ClN3O2. The lowest BCUT2D eigenvalue weighted by Crippen LogP contribution is -2.25. The molecule has 5 nitrogen and oxygen atoms in total. The first kappa shape index (κ1) is 15.6. The van der Waals surface area contributed by atoms with Gasteiger partial charge < -0.3 is 10.2 Å². The SMILES string of the molecule is CN(C)CCNc1c(Cl)ccc2c1C(=O)c1cnccc1C2=O. The van der Waals surface area contributed by atoms with E-state index in [-0.39, 0.29) is 11.6 Å². The number of ketones is 2. The average molecular weight is 330 g/mol. The Morgan fingerprint density at radius 3 is 2.61 bits per heavy atom. The van der Waals surface area contributed by atoms with Gasteiger partial charge in [0.2, 0.25) is 0 Å². The number of carbonyl (C=O) groups is 2. The van der Waals surface area contributed by atoms with Gasteiger partial charge in [0.25, 0.3) is 0 Å². The van der Waals surface area contributed by atoms with Gasteiger partial charge in [0.15, 0.2) is 11.6 Å². The largest absolute Gasteiger partial charge is 0.382 e. The maximum Gasteiger partial charge on any atom is 0.198 e. The van der Waals surface area contributed by atoms with Crippen molar-refractivity contribution in [2.24, 2.45) is 0 Å². The molecule has 0 unspecified atom stereocenters. The van der Waals surface area contributed by atoms with Gasteiger partial charge in [-0.3, -0.25) is 14.6 Å². The lowest BCUT2D eigenvalue weighted by Gasteiger charge is -2.22. The quantitative estimate of drug-likeness (QED) is 0.796. The van der Waals surface area contributed by atoms with Crippen LogP contribution in [0, 0.1) is 0 Å². The Balaban J connectivity index is 2.08. The molecule has 6 heteroatoms. The number of fused-ring (bicyclic) bond motifs is 2. The summed E-state index contributed by atoms with van der Waals surface area (Å²) in [6.45, 7) is 1.39. The number of anilines is 1. The van der Waals surface area contributed by atoms with E-state index in [4.69, 9.17) is 11.6 Å². The molecule has 0 fully saturated rings. The first-order chi connectivity index (χ1) is 11.0. The zero-order chi connectivity index (χ0) is 16.6. The van der Waals surface area contributed by atoms with Gasteiger partial charge in [0.1, 0.15) is 0 Å². The summed E-state index contributed by atoms with van der Waals surface area (Å²) >= 11 is 6.26. The summed E-state index contributed by atoms with van der Waals surface area (Å²) in [5, 5.41) is 3.61. The van der Waals surface area contributed by atoms with Crippen molar-refractivity contribution in [1.29, 1.82) is 0 Å².